The zero-order valence-electron chi connectivity index (χ0n) is 12.2. The minimum atomic E-state index is -3.14. The lowest BCUT2D eigenvalue weighted by Crippen LogP contribution is -2.36. The Kier molecular flexibility index (Phi) is 5.05. The van der Waals surface area contributed by atoms with Crippen molar-refractivity contribution in [1.82, 2.24) is 4.31 Å². The summed E-state index contributed by atoms with van der Waals surface area (Å²) < 4.78 is 31.6. The smallest absolute Gasteiger partial charge is 0.216 e. The molecule has 1 aliphatic carbocycles. The van der Waals surface area contributed by atoms with Crippen molar-refractivity contribution in [2.24, 2.45) is 0 Å². The highest BCUT2D eigenvalue weighted by Gasteiger charge is 2.31. The van der Waals surface area contributed by atoms with Crippen LogP contribution in [0.5, 0.6) is 5.75 Å². The first-order valence-electron chi connectivity index (χ1n) is 7.12. The van der Waals surface area contributed by atoms with Crippen LogP contribution in [0.3, 0.4) is 0 Å². The predicted molar refractivity (Wildman–Crippen MR) is 80.5 cm³/mol. The average Bonchev–Trinajstić information content (AvgIpc) is 2.99. The Balaban J connectivity index is 1.99. The van der Waals surface area contributed by atoms with Gasteiger partial charge in [-0.15, -0.1) is 0 Å². The van der Waals surface area contributed by atoms with Gasteiger partial charge in [-0.3, -0.25) is 0 Å². The molecule has 0 saturated heterocycles. The quantitative estimate of drug-likeness (QED) is 0.810. The van der Waals surface area contributed by atoms with Crippen molar-refractivity contribution < 1.29 is 13.2 Å². The lowest BCUT2D eigenvalue weighted by atomic mass is 10.1. The summed E-state index contributed by atoms with van der Waals surface area (Å²) in [5, 5.41) is -0.176. The molecule has 0 heterocycles. The highest BCUT2D eigenvalue weighted by molar-refractivity contribution is 7.89. The molecule has 112 valence electrons. The van der Waals surface area contributed by atoms with Crippen LogP contribution >= 0.6 is 0 Å². The monoisotopic (exact) mass is 297 g/mol. The average molecular weight is 297 g/mol. The first kappa shape index (κ1) is 15.3. The summed E-state index contributed by atoms with van der Waals surface area (Å²) in [5.74, 6) is 0.819. The minimum Gasteiger partial charge on any atom is -0.496 e. The van der Waals surface area contributed by atoms with Crippen LogP contribution in [-0.2, 0) is 16.4 Å². The van der Waals surface area contributed by atoms with Gasteiger partial charge in [-0.2, -0.15) is 0 Å². The molecule has 0 radical (unpaired) electrons. The van der Waals surface area contributed by atoms with E-state index in [0.717, 1.165) is 37.0 Å². The van der Waals surface area contributed by atoms with E-state index in [-0.39, 0.29) is 5.25 Å². The molecule has 0 bridgehead atoms. The van der Waals surface area contributed by atoms with Crippen molar-refractivity contribution in [2.75, 3.05) is 20.7 Å². The molecule has 0 aromatic heterocycles. The minimum absolute atomic E-state index is 0.176. The maximum atomic E-state index is 12.4. The number of benzene rings is 1. The van der Waals surface area contributed by atoms with E-state index in [4.69, 9.17) is 4.74 Å². The third kappa shape index (κ3) is 3.33. The molecular weight excluding hydrogens is 274 g/mol. The highest BCUT2D eigenvalue weighted by atomic mass is 32.2. The Hall–Kier alpha value is -1.07. The maximum absolute atomic E-state index is 12.4. The SMILES string of the molecule is COc1ccccc1CCN(C)S(=O)(=O)C1CCCC1. The molecule has 0 aliphatic heterocycles. The Bertz CT molecular complexity index is 536. The fraction of sp³-hybridized carbons (Fsp3) is 0.600. The second kappa shape index (κ2) is 6.59. The van der Waals surface area contributed by atoms with Crippen LogP contribution in [-0.4, -0.2) is 38.7 Å². The van der Waals surface area contributed by atoms with E-state index in [1.807, 2.05) is 24.3 Å². The Labute approximate surface area is 121 Å². The summed E-state index contributed by atoms with van der Waals surface area (Å²) in [4.78, 5) is 0. The molecule has 0 amide bonds. The van der Waals surface area contributed by atoms with Gasteiger partial charge >= 0.3 is 0 Å². The van der Waals surface area contributed by atoms with Crippen LogP contribution in [0.1, 0.15) is 31.2 Å². The molecule has 0 N–H and O–H groups in total. The molecule has 0 unspecified atom stereocenters. The molecule has 1 aromatic carbocycles. The first-order chi connectivity index (χ1) is 9.55. The summed E-state index contributed by atoms with van der Waals surface area (Å²) in [6.07, 6.45) is 4.35. The van der Waals surface area contributed by atoms with Crippen molar-refractivity contribution in [3.63, 3.8) is 0 Å². The van der Waals surface area contributed by atoms with E-state index in [9.17, 15) is 8.42 Å². The Morgan fingerprint density at radius 3 is 2.55 bits per heavy atom. The molecule has 5 heteroatoms. The number of hydrogen-bond acceptors (Lipinski definition) is 3. The lowest BCUT2D eigenvalue weighted by Gasteiger charge is -2.21. The standard InChI is InChI=1S/C15H23NO3S/c1-16(20(17,18)14-8-4-5-9-14)12-11-13-7-3-6-10-15(13)19-2/h3,6-7,10,14H,4-5,8-9,11-12H2,1-2H3. The summed E-state index contributed by atoms with van der Waals surface area (Å²) >= 11 is 0. The van der Waals surface area contributed by atoms with Crippen LogP contribution in [0.15, 0.2) is 24.3 Å². The fourth-order valence-corrected chi connectivity index (χ4v) is 4.54. The van der Waals surface area contributed by atoms with Crippen molar-refractivity contribution in [3.05, 3.63) is 29.8 Å². The topological polar surface area (TPSA) is 46.6 Å². The number of nitrogens with zero attached hydrogens (tertiary/aromatic N) is 1. The van der Waals surface area contributed by atoms with E-state index < -0.39 is 10.0 Å². The number of hydrogen-bond donors (Lipinski definition) is 0. The zero-order chi connectivity index (χ0) is 14.6. The molecule has 4 nitrogen and oxygen atoms in total. The molecule has 1 aromatic rings. The van der Waals surface area contributed by atoms with Gasteiger partial charge in [0.1, 0.15) is 5.75 Å². The highest BCUT2D eigenvalue weighted by Crippen LogP contribution is 2.27. The summed E-state index contributed by atoms with van der Waals surface area (Å²) in [6.45, 7) is 0.499. The van der Waals surface area contributed by atoms with E-state index in [1.54, 1.807) is 14.2 Å². The Morgan fingerprint density at radius 1 is 1.25 bits per heavy atom. The van der Waals surface area contributed by atoms with Crippen LogP contribution in [0, 0.1) is 0 Å². The number of rotatable bonds is 6. The number of likely N-dealkylation sites (N-methyl/N-ethyl adjacent to an activating group) is 1. The predicted octanol–water partition coefficient (Wildman–Crippen LogP) is 2.44. The summed E-state index contributed by atoms with van der Waals surface area (Å²) in [5.41, 5.74) is 1.04. The molecule has 20 heavy (non-hydrogen) atoms. The molecule has 2 rings (SSSR count). The van der Waals surface area contributed by atoms with Gasteiger partial charge < -0.3 is 4.74 Å². The summed E-state index contributed by atoms with van der Waals surface area (Å²) in [6, 6.07) is 7.75. The molecule has 1 fully saturated rings. The second-order valence-electron chi connectivity index (χ2n) is 5.33. The van der Waals surface area contributed by atoms with Crippen LogP contribution in [0.25, 0.3) is 0 Å². The third-order valence-corrected chi connectivity index (χ3v) is 6.41. The third-order valence-electron chi connectivity index (χ3n) is 4.05. The van der Waals surface area contributed by atoms with Crippen molar-refractivity contribution in [3.8, 4) is 5.75 Å². The Morgan fingerprint density at radius 2 is 1.90 bits per heavy atom. The molecular formula is C15H23NO3S. The number of para-hydroxylation sites is 1. The van der Waals surface area contributed by atoms with E-state index in [0.29, 0.717) is 13.0 Å². The molecule has 0 spiro atoms. The van der Waals surface area contributed by atoms with Gasteiger partial charge in [-0.25, -0.2) is 12.7 Å². The van der Waals surface area contributed by atoms with Crippen molar-refractivity contribution >= 4 is 10.0 Å². The number of methoxy groups -OCH3 is 1. The molecule has 0 atom stereocenters. The lowest BCUT2D eigenvalue weighted by molar-refractivity contribution is 0.405. The number of sulfonamides is 1. The fourth-order valence-electron chi connectivity index (χ4n) is 2.76. The van der Waals surface area contributed by atoms with Gasteiger partial charge in [0.15, 0.2) is 0 Å². The van der Waals surface area contributed by atoms with Crippen LogP contribution < -0.4 is 4.74 Å². The molecule has 1 aliphatic rings. The van der Waals surface area contributed by atoms with E-state index in [1.165, 1.54) is 4.31 Å². The number of ether oxygens (including phenoxy) is 1. The molecule has 1 saturated carbocycles. The normalized spacial score (nSPS) is 16.8. The van der Waals surface area contributed by atoms with Gasteiger partial charge in [0, 0.05) is 13.6 Å². The van der Waals surface area contributed by atoms with E-state index >= 15 is 0 Å². The van der Waals surface area contributed by atoms with Gasteiger partial charge in [0.25, 0.3) is 0 Å². The van der Waals surface area contributed by atoms with Gasteiger partial charge in [-0.1, -0.05) is 31.0 Å². The van der Waals surface area contributed by atoms with Crippen LogP contribution in [0.2, 0.25) is 0 Å². The van der Waals surface area contributed by atoms with Gasteiger partial charge in [0.05, 0.1) is 12.4 Å². The van der Waals surface area contributed by atoms with Crippen molar-refractivity contribution in [1.29, 1.82) is 0 Å². The van der Waals surface area contributed by atoms with Gasteiger partial charge in [-0.05, 0) is 30.9 Å². The second-order valence-corrected chi connectivity index (χ2v) is 7.65. The maximum Gasteiger partial charge on any atom is 0.216 e. The largest absolute Gasteiger partial charge is 0.496 e. The van der Waals surface area contributed by atoms with Crippen molar-refractivity contribution in [2.45, 2.75) is 37.4 Å². The van der Waals surface area contributed by atoms with Crippen LogP contribution in [0.4, 0.5) is 0 Å². The summed E-state index contributed by atoms with van der Waals surface area (Å²) in [7, 11) is 0.184. The zero-order valence-corrected chi connectivity index (χ0v) is 13.0. The van der Waals surface area contributed by atoms with E-state index in [2.05, 4.69) is 0 Å². The van der Waals surface area contributed by atoms with Gasteiger partial charge in [0.2, 0.25) is 10.0 Å². The first-order valence-corrected chi connectivity index (χ1v) is 8.63.